The lowest BCUT2D eigenvalue weighted by Crippen LogP contribution is -1.84. The normalized spacial score (nSPS) is 10.9. The first kappa shape index (κ1) is 18.0. The second-order valence-corrected chi connectivity index (χ2v) is 7.01. The van der Waals surface area contributed by atoms with E-state index in [2.05, 4.69) is 11.5 Å². The van der Waals surface area contributed by atoms with Gasteiger partial charge in [0.15, 0.2) is 0 Å². The lowest BCUT2D eigenvalue weighted by molar-refractivity contribution is 0.415. The molecule has 4 rings (SSSR count). The molecule has 0 bridgehead atoms. The van der Waals surface area contributed by atoms with Gasteiger partial charge in [0.2, 0.25) is 0 Å². The molecule has 3 nitrogen and oxygen atoms in total. The molecule has 0 N–H and O–H groups in total. The summed E-state index contributed by atoms with van der Waals surface area (Å²) in [5, 5.41) is 3.02. The number of thiazole rings is 1. The highest BCUT2D eigenvalue weighted by atomic mass is 32.1. The zero-order valence-corrected chi connectivity index (χ0v) is 16.2. The number of rotatable bonds is 6. The minimum atomic E-state index is 0.811. The second-order valence-electron chi connectivity index (χ2n) is 6.12. The molecule has 0 saturated heterocycles. The van der Waals surface area contributed by atoms with Crippen molar-refractivity contribution in [3.63, 3.8) is 0 Å². The van der Waals surface area contributed by atoms with Crippen LogP contribution >= 0.6 is 11.3 Å². The molecule has 0 aliphatic rings. The molecule has 1 heterocycles. The number of benzene rings is 3. The maximum absolute atomic E-state index is 5.89. The number of nitrogens with zero attached hydrogens (tertiary/aromatic N) is 1. The standard InChI is InChI=1S/C24H19NO2S/c1-26-20-13-11-19(12-14-20)23-17-28-24(25-23)15-10-18-6-5-9-22(16-18)27-21-7-3-2-4-8-21/h2-17H,1H3. The van der Waals surface area contributed by atoms with Crippen LogP contribution in [-0.4, -0.2) is 12.1 Å². The molecule has 0 saturated carbocycles. The maximum atomic E-state index is 5.89. The van der Waals surface area contributed by atoms with Gasteiger partial charge in [0.1, 0.15) is 22.3 Å². The van der Waals surface area contributed by atoms with Gasteiger partial charge in [-0.2, -0.15) is 0 Å². The Balaban J connectivity index is 1.47. The number of ether oxygens (including phenoxy) is 2. The van der Waals surface area contributed by atoms with Gasteiger partial charge < -0.3 is 9.47 Å². The highest BCUT2D eigenvalue weighted by Crippen LogP contribution is 2.26. The third kappa shape index (κ3) is 4.48. The van der Waals surface area contributed by atoms with E-state index < -0.39 is 0 Å². The number of aromatic nitrogens is 1. The Morgan fingerprint density at radius 3 is 2.36 bits per heavy atom. The third-order valence-corrected chi connectivity index (χ3v) is 4.97. The van der Waals surface area contributed by atoms with Gasteiger partial charge in [-0.25, -0.2) is 4.98 Å². The van der Waals surface area contributed by atoms with Gasteiger partial charge in [0.05, 0.1) is 12.8 Å². The van der Waals surface area contributed by atoms with Crippen molar-refractivity contribution in [2.45, 2.75) is 0 Å². The molecule has 0 fully saturated rings. The van der Waals surface area contributed by atoms with E-state index in [0.717, 1.165) is 39.1 Å². The smallest absolute Gasteiger partial charge is 0.128 e. The molecule has 0 radical (unpaired) electrons. The predicted molar refractivity (Wildman–Crippen MR) is 116 cm³/mol. The number of hydrogen-bond donors (Lipinski definition) is 0. The Morgan fingerprint density at radius 2 is 1.57 bits per heavy atom. The highest BCUT2D eigenvalue weighted by Gasteiger charge is 2.03. The van der Waals surface area contributed by atoms with Crippen LogP contribution < -0.4 is 9.47 Å². The Kier molecular flexibility index (Phi) is 5.50. The predicted octanol–water partition coefficient (Wildman–Crippen LogP) is 6.78. The van der Waals surface area contributed by atoms with Crippen molar-refractivity contribution < 1.29 is 9.47 Å². The summed E-state index contributed by atoms with van der Waals surface area (Å²) in [6.45, 7) is 0. The van der Waals surface area contributed by atoms with Crippen molar-refractivity contribution in [3.05, 3.63) is 94.8 Å². The second kappa shape index (κ2) is 8.55. The number of methoxy groups -OCH3 is 1. The van der Waals surface area contributed by atoms with Crippen LogP contribution in [0.5, 0.6) is 17.2 Å². The van der Waals surface area contributed by atoms with Crippen LogP contribution in [-0.2, 0) is 0 Å². The van der Waals surface area contributed by atoms with Crippen LogP contribution in [0.4, 0.5) is 0 Å². The molecular formula is C24H19NO2S. The van der Waals surface area contributed by atoms with Gasteiger partial charge in [-0.3, -0.25) is 0 Å². The van der Waals surface area contributed by atoms with Crippen LogP contribution in [0, 0.1) is 0 Å². The fourth-order valence-electron chi connectivity index (χ4n) is 2.73. The summed E-state index contributed by atoms with van der Waals surface area (Å²) in [6.07, 6.45) is 4.08. The Morgan fingerprint density at radius 1 is 0.786 bits per heavy atom. The molecule has 1 aromatic heterocycles. The van der Waals surface area contributed by atoms with Gasteiger partial charge in [-0.1, -0.05) is 36.4 Å². The molecule has 0 atom stereocenters. The van der Waals surface area contributed by atoms with Crippen molar-refractivity contribution >= 4 is 23.5 Å². The molecule has 4 heteroatoms. The Bertz CT molecular complexity index is 1070. The molecule has 0 unspecified atom stereocenters. The minimum absolute atomic E-state index is 0.811. The SMILES string of the molecule is COc1ccc(-c2csc(C=Cc3cccc(Oc4ccccc4)c3)n2)cc1. The first-order valence-electron chi connectivity index (χ1n) is 8.91. The molecule has 138 valence electrons. The van der Waals surface area contributed by atoms with Gasteiger partial charge in [0, 0.05) is 10.9 Å². The molecule has 4 aromatic rings. The van der Waals surface area contributed by atoms with Gasteiger partial charge >= 0.3 is 0 Å². The molecular weight excluding hydrogens is 366 g/mol. The molecule has 0 aliphatic carbocycles. The lowest BCUT2D eigenvalue weighted by atomic mass is 10.2. The van der Waals surface area contributed by atoms with E-state index in [-0.39, 0.29) is 0 Å². The van der Waals surface area contributed by atoms with Crippen molar-refractivity contribution in [1.82, 2.24) is 4.98 Å². The van der Waals surface area contributed by atoms with E-state index in [1.807, 2.05) is 84.9 Å². The molecule has 28 heavy (non-hydrogen) atoms. The summed E-state index contributed by atoms with van der Waals surface area (Å²) < 4.78 is 11.1. The van der Waals surface area contributed by atoms with Crippen molar-refractivity contribution in [1.29, 1.82) is 0 Å². The van der Waals surface area contributed by atoms with Crippen molar-refractivity contribution in [3.8, 4) is 28.5 Å². The number of para-hydroxylation sites is 1. The van der Waals surface area contributed by atoms with Gasteiger partial charge in [0.25, 0.3) is 0 Å². The molecule has 0 spiro atoms. The van der Waals surface area contributed by atoms with E-state index in [4.69, 9.17) is 14.5 Å². The van der Waals surface area contributed by atoms with Gasteiger partial charge in [-0.05, 0) is 60.2 Å². The third-order valence-electron chi connectivity index (χ3n) is 4.16. The fraction of sp³-hybridized carbons (Fsp3) is 0.0417. The van der Waals surface area contributed by atoms with E-state index in [1.54, 1.807) is 18.4 Å². The first-order chi connectivity index (χ1) is 13.8. The Hall–Kier alpha value is -3.37. The van der Waals surface area contributed by atoms with Crippen LogP contribution in [0.15, 0.2) is 84.2 Å². The highest BCUT2D eigenvalue weighted by molar-refractivity contribution is 7.10. The van der Waals surface area contributed by atoms with Crippen LogP contribution in [0.3, 0.4) is 0 Å². The monoisotopic (exact) mass is 385 g/mol. The fourth-order valence-corrected chi connectivity index (χ4v) is 3.45. The van der Waals surface area contributed by atoms with E-state index in [0.29, 0.717) is 0 Å². The summed E-state index contributed by atoms with van der Waals surface area (Å²) in [5.41, 5.74) is 3.11. The van der Waals surface area contributed by atoms with Crippen LogP contribution in [0.1, 0.15) is 10.6 Å². The Labute approximate surface area is 168 Å². The minimum Gasteiger partial charge on any atom is -0.497 e. The number of hydrogen-bond acceptors (Lipinski definition) is 4. The summed E-state index contributed by atoms with van der Waals surface area (Å²) in [7, 11) is 1.67. The quantitative estimate of drug-likeness (QED) is 0.366. The first-order valence-corrected chi connectivity index (χ1v) is 9.79. The largest absolute Gasteiger partial charge is 0.497 e. The summed E-state index contributed by atoms with van der Waals surface area (Å²) in [6, 6.07) is 25.7. The topological polar surface area (TPSA) is 31.4 Å². The van der Waals surface area contributed by atoms with Crippen molar-refractivity contribution in [2.75, 3.05) is 7.11 Å². The summed E-state index contributed by atoms with van der Waals surface area (Å²) in [5.74, 6) is 2.48. The zero-order valence-electron chi connectivity index (χ0n) is 15.4. The average Bonchev–Trinajstić information content (AvgIpc) is 3.22. The molecule has 0 aliphatic heterocycles. The zero-order chi connectivity index (χ0) is 19.2. The molecule has 0 amide bonds. The van der Waals surface area contributed by atoms with Gasteiger partial charge in [-0.15, -0.1) is 11.3 Å². The summed E-state index contributed by atoms with van der Waals surface area (Å²) >= 11 is 1.62. The van der Waals surface area contributed by atoms with E-state index in [1.165, 1.54) is 0 Å². The maximum Gasteiger partial charge on any atom is 0.128 e. The molecule has 3 aromatic carbocycles. The van der Waals surface area contributed by atoms with Crippen molar-refractivity contribution in [2.24, 2.45) is 0 Å². The van der Waals surface area contributed by atoms with Crippen LogP contribution in [0.2, 0.25) is 0 Å². The van der Waals surface area contributed by atoms with Crippen LogP contribution in [0.25, 0.3) is 23.4 Å². The van der Waals surface area contributed by atoms with E-state index >= 15 is 0 Å². The van der Waals surface area contributed by atoms with E-state index in [9.17, 15) is 0 Å². The summed E-state index contributed by atoms with van der Waals surface area (Å²) in [4.78, 5) is 4.70. The average molecular weight is 385 g/mol. The lowest BCUT2D eigenvalue weighted by Gasteiger charge is -2.05.